The van der Waals surface area contributed by atoms with Gasteiger partial charge in [0.2, 0.25) is 5.91 Å². The van der Waals surface area contributed by atoms with Gasteiger partial charge in [-0.3, -0.25) is 9.89 Å². The quantitative estimate of drug-likeness (QED) is 0.768. The van der Waals surface area contributed by atoms with Gasteiger partial charge in [0.1, 0.15) is 6.04 Å². The second kappa shape index (κ2) is 5.24. The van der Waals surface area contributed by atoms with Crippen molar-refractivity contribution in [2.24, 2.45) is 0 Å². The average molecular weight is 300 g/mol. The third-order valence-corrected chi connectivity index (χ3v) is 4.65. The molecule has 0 unspecified atom stereocenters. The Kier molecular flexibility index (Phi) is 3.22. The number of amides is 1. The Morgan fingerprint density at radius 3 is 3.18 bits per heavy atom. The Bertz CT molecular complexity index is 703. The number of aromatic nitrogens is 4. The minimum Gasteiger partial charge on any atom is -0.348 e. The maximum Gasteiger partial charge on any atom is 0.246 e. The van der Waals surface area contributed by atoms with Crippen LogP contribution in [0.3, 0.4) is 0 Å². The molecule has 0 spiro atoms. The minimum atomic E-state index is -0.355. The number of carbonyl (C=O) groups is 1. The lowest BCUT2D eigenvalue weighted by Gasteiger charge is -2.26. The maximum absolute atomic E-state index is 12.8. The summed E-state index contributed by atoms with van der Waals surface area (Å²) in [6.07, 6.45) is 5.86. The highest BCUT2D eigenvalue weighted by Gasteiger charge is 2.31. The van der Waals surface area contributed by atoms with Gasteiger partial charge in [-0.25, -0.2) is 4.98 Å². The van der Waals surface area contributed by atoms with Crippen molar-refractivity contribution in [1.29, 1.82) is 0 Å². The highest BCUT2D eigenvalue weighted by atomic mass is 16.2. The zero-order chi connectivity index (χ0) is 15.1. The lowest BCUT2D eigenvalue weighted by molar-refractivity contribution is -0.133. The molecule has 0 radical (unpaired) electrons. The van der Waals surface area contributed by atoms with Gasteiger partial charge in [0.05, 0.1) is 24.3 Å². The number of aryl methyl sites for hydroxylation is 1. The fraction of sp³-hybridized carbons (Fsp3) is 0.533. The van der Waals surface area contributed by atoms with Gasteiger partial charge in [0, 0.05) is 31.4 Å². The van der Waals surface area contributed by atoms with Crippen LogP contribution in [-0.4, -0.2) is 44.6 Å². The van der Waals surface area contributed by atoms with Gasteiger partial charge in [0.15, 0.2) is 0 Å². The Balaban J connectivity index is 1.51. The predicted octanol–water partition coefficient (Wildman–Crippen LogP) is 0.467. The Hall–Kier alpha value is -2.15. The summed E-state index contributed by atoms with van der Waals surface area (Å²) >= 11 is 0. The first-order valence-electron chi connectivity index (χ1n) is 7.79. The van der Waals surface area contributed by atoms with E-state index in [4.69, 9.17) is 0 Å². The van der Waals surface area contributed by atoms with Gasteiger partial charge in [-0.05, 0) is 24.8 Å². The van der Waals surface area contributed by atoms with Gasteiger partial charge < -0.3 is 15.2 Å². The smallest absolute Gasteiger partial charge is 0.246 e. The molecule has 0 bridgehead atoms. The summed E-state index contributed by atoms with van der Waals surface area (Å²) in [5, 5.41) is 10.8. The summed E-state index contributed by atoms with van der Waals surface area (Å²) in [4.78, 5) is 21.9. The molecule has 3 N–H and O–H groups in total. The molecule has 4 rings (SSSR count). The molecule has 1 atom stereocenters. The lowest BCUT2D eigenvalue weighted by Crippen LogP contribution is -2.42. The molecule has 116 valence electrons. The van der Waals surface area contributed by atoms with Gasteiger partial charge >= 0.3 is 0 Å². The highest BCUT2D eigenvalue weighted by molar-refractivity contribution is 5.83. The monoisotopic (exact) mass is 300 g/mol. The number of hydrogen-bond acceptors (Lipinski definition) is 4. The number of fused-ring (bicyclic) bond motifs is 2. The normalized spacial score (nSPS) is 19.8. The van der Waals surface area contributed by atoms with E-state index >= 15 is 0 Å². The number of likely N-dealkylation sites (N-methyl/N-ethyl adjacent to an activating group) is 1. The van der Waals surface area contributed by atoms with Gasteiger partial charge in [-0.15, -0.1) is 0 Å². The zero-order valence-corrected chi connectivity index (χ0v) is 12.6. The van der Waals surface area contributed by atoms with Crippen molar-refractivity contribution in [1.82, 2.24) is 30.4 Å². The predicted molar refractivity (Wildman–Crippen MR) is 80.1 cm³/mol. The molecule has 7 heteroatoms. The molecule has 0 saturated heterocycles. The van der Waals surface area contributed by atoms with E-state index in [1.807, 2.05) is 7.05 Å². The third-order valence-electron chi connectivity index (χ3n) is 4.65. The molecule has 0 saturated carbocycles. The summed E-state index contributed by atoms with van der Waals surface area (Å²) in [7, 11) is 1.83. The van der Waals surface area contributed by atoms with Crippen molar-refractivity contribution in [2.75, 3.05) is 13.6 Å². The number of hydrogen-bond donors (Lipinski definition) is 3. The standard InChI is InChI=1S/C15H20N6O/c1-21(7-12-9-3-2-4-10(9)19-20-12)15(22)14-13-11(5-6-16-14)17-8-18-13/h8,14,16H,2-7H2,1H3,(H,17,18)(H,19,20)/t14-/m0/s1. The van der Waals surface area contributed by atoms with Crippen LogP contribution in [0.1, 0.15) is 40.8 Å². The van der Waals surface area contributed by atoms with Crippen LogP contribution in [0.25, 0.3) is 0 Å². The van der Waals surface area contributed by atoms with E-state index in [0.717, 1.165) is 42.9 Å². The molecule has 1 aliphatic carbocycles. The summed E-state index contributed by atoms with van der Waals surface area (Å²) < 4.78 is 0. The van der Waals surface area contributed by atoms with E-state index in [1.54, 1.807) is 11.2 Å². The third kappa shape index (κ3) is 2.12. The van der Waals surface area contributed by atoms with Crippen LogP contribution in [0, 0.1) is 0 Å². The Labute approximate surface area is 128 Å². The molecule has 2 aromatic rings. The molecule has 3 heterocycles. The SMILES string of the molecule is CN(Cc1n[nH]c2c1CCC2)C(=O)[C@H]1NCCc2[nH]cnc21. The number of H-pyrrole nitrogens is 2. The first kappa shape index (κ1) is 13.5. The number of aromatic amines is 2. The first-order valence-corrected chi connectivity index (χ1v) is 7.79. The summed E-state index contributed by atoms with van der Waals surface area (Å²) in [6.45, 7) is 1.33. The van der Waals surface area contributed by atoms with Crippen LogP contribution < -0.4 is 5.32 Å². The molecule has 1 amide bonds. The zero-order valence-electron chi connectivity index (χ0n) is 12.6. The first-order chi connectivity index (χ1) is 10.7. The van der Waals surface area contributed by atoms with E-state index in [9.17, 15) is 4.79 Å². The van der Waals surface area contributed by atoms with Crippen molar-refractivity contribution >= 4 is 5.91 Å². The Morgan fingerprint density at radius 2 is 2.27 bits per heavy atom. The number of rotatable bonds is 3. The van der Waals surface area contributed by atoms with Crippen LogP contribution in [-0.2, 0) is 30.6 Å². The summed E-state index contributed by atoms with van der Waals surface area (Å²) in [6, 6.07) is -0.355. The van der Waals surface area contributed by atoms with Crippen LogP contribution in [0.2, 0.25) is 0 Å². The highest BCUT2D eigenvalue weighted by Crippen LogP contribution is 2.25. The van der Waals surface area contributed by atoms with E-state index in [-0.39, 0.29) is 11.9 Å². The van der Waals surface area contributed by atoms with Gasteiger partial charge in [-0.2, -0.15) is 5.10 Å². The number of carbonyl (C=O) groups excluding carboxylic acids is 1. The van der Waals surface area contributed by atoms with Crippen LogP contribution in [0.5, 0.6) is 0 Å². The molecule has 2 aromatic heterocycles. The molecule has 22 heavy (non-hydrogen) atoms. The molecular formula is C15H20N6O. The van der Waals surface area contributed by atoms with Crippen LogP contribution in [0.4, 0.5) is 0 Å². The summed E-state index contributed by atoms with van der Waals surface area (Å²) in [5.41, 5.74) is 5.43. The fourth-order valence-corrected chi connectivity index (χ4v) is 3.46. The van der Waals surface area contributed by atoms with E-state index in [2.05, 4.69) is 25.5 Å². The second-order valence-corrected chi connectivity index (χ2v) is 6.08. The van der Waals surface area contributed by atoms with Gasteiger partial charge in [-0.1, -0.05) is 0 Å². The largest absolute Gasteiger partial charge is 0.348 e. The molecular weight excluding hydrogens is 280 g/mol. The number of nitrogens with zero attached hydrogens (tertiary/aromatic N) is 3. The van der Waals surface area contributed by atoms with Crippen molar-refractivity contribution in [3.8, 4) is 0 Å². The molecule has 0 fully saturated rings. The van der Waals surface area contributed by atoms with E-state index in [1.165, 1.54) is 17.7 Å². The average Bonchev–Trinajstić information content (AvgIpc) is 3.23. The number of nitrogens with one attached hydrogen (secondary N) is 3. The van der Waals surface area contributed by atoms with E-state index < -0.39 is 0 Å². The van der Waals surface area contributed by atoms with Crippen molar-refractivity contribution in [3.05, 3.63) is 34.7 Å². The maximum atomic E-state index is 12.8. The van der Waals surface area contributed by atoms with Crippen molar-refractivity contribution < 1.29 is 4.79 Å². The van der Waals surface area contributed by atoms with Crippen LogP contribution in [0.15, 0.2) is 6.33 Å². The number of imidazole rings is 1. The van der Waals surface area contributed by atoms with Gasteiger partial charge in [0.25, 0.3) is 0 Å². The Morgan fingerprint density at radius 1 is 1.36 bits per heavy atom. The summed E-state index contributed by atoms with van der Waals surface area (Å²) in [5.74, 6) is 0.0443. The minimum absolute atomic E-state index is 0.0443. The fourth-order valence-electron chi connectivity index (χ4n) is 3.46. The topological polar surface area (TPSA) is 89.7 Å². The van der Waals surface area contributed by atoms with Crippen molar-refractivity contribution in [3.63, 3.8) is 0 Å². The molecule has 0 aromatic carbocycles. The van der Waals surface area contributed by atoms with Crippen molar-refractivity contribution in [2.45, 2.75) is 38.3 Å². The lowest BCUT2D eigenvalue weighted by atomic mass is 10.0. The molecule has 2 aliphatic rings. The molecule has 1 aliphatic heterocycles. The second-order valence-electron chi connectivity index (χ2n) is 6.08. The van der Waals surface area contributed by atoms with E-state index in [0.29, 0.717) is 6.54 Å². The van der Waals surface area contributed by atoms with Crippen LogP contribution >= 0.6 is 0 Å². The molecule has 7 nitrogen and oxygen atoms in total.